The number of alkyl halides is 1. The Morgan fingerprint density at radius 2 is 1.70 bits per heavy atom. The highest BCUT2D eigenvalue weighted by Crippen LogP contribution is 2.36. The van der Waals surface area contributed by atoms with Crippen molar-refractivity contribution in [2.45, 2.75) is 5.33 Å². The summed E-state index contributed by atoms with van der Waals surface area (Å²) in [6, 6.07) is 9.24. The van der Waals surface area contributed by atoms with E-state index in [-0.39, 0.29) is 11.4 Å². The molecule has 0 saturated carbocycles. The molecule has 0 amide bonds. The number of rotatable bonds is 4. The first-order chi connectivity index (χ1) is 9.51. The predicted molar refractivity (Wildman–Crippen MR) is 82.3 cm³/mol. The molecule has 2 aromatic rings. The Morgan fingerprint density at radius 3 is 2.30 bits per heavy atom. The summed E-state index contributed by atoms with van der Waals surface area (Å²) in [5.41, 5.74) is 0.665. The molecule has 0 aromatic heterocycles. The lowest BCUT2D eigenvalue weighted by molar-refractivity contribution is -0.385. The second kappa shape index (κ2) is 6.43. The van der Waals surface area contributed by atoms with Gasteiger partial charge in [0.15, 0.2) is 0 Å². The molecule has 0 unspecified atom stereocenters. The standard InChI is InChI=1S/C13H8BrCl2NO3/c14-7-8-1-2-9(15)5-12(8)20-13-6-10(16)3-4-11(13)17(18)19/h1-6H,7H2. The molecule has 0 spiro atoms. The smallest absolute Gasteiger partial charge is 0.311 e. The van der Waals surface area contributed by atoms with Crippen molar-refractivity contribution in [2.24, 2.45) is 0 Å². The van der Waals surface area contributed by atoms with Gasteiger partial charge in [0.2, 0.25) is 5.75 Å². The minimum absolute atomic E-state index is 0.0759. The van der Waals surface area contributed by atoms with Gasteiger partial charge in [-0.2, -0.15) is 0 Å². The van der Waals surface area contributed by atoms with Gasteiger partial charge in [-0.05, 0) is 18.2 Å². The van der Waals surface area contributed by atoms with E-state index in [0.29, 0.717) is 21.1 Å². The molecule has 0 bridgehead atoms. The summed E-state index contributed by atoms with van der Waals surface area (Å²) in [4.78, 5) is 10.5. The van der Waals surface area contributed by atoms with Crippen molar-refractivity contribution in [2.75, 3.05) is 0 Å². The fourth-order valence-electron chi connectivity index (χ4n) is 1.57. The fraction of sp³-hybridized carbons (Fsp3) is 0.0769. The third kappa shape index (κ3) is 3.42. The van der Waals surface area contributed by atoms with Crippen LogP contribution in [0, 0.1) is 10.1 Å². The van der Waals surface area contributed by atoms with Gasteiger partial charge in [-0.3, -0.25) is 10.1 Å². The Balaban J connectivity index is 2.46. The van der Waals surface area contributed by atoms with E-state index in [1.807, 2.05) is 0 Å². The van der Waals surface area contributed by atoms with Crippen LogP contribution in [0.25, 0.3) is 0 Å². The molecule has 7 heteroatoms. The van der Waals surface area contributed by atoms with Crippen LogP contribution in [0.2, 0.25) is 10.0 Å². The number of ether oxygens (including phenoxy) is 1. The van der Waals surface area contributed by atoms with Crippen molar-refractivity contribution in [1.29, 1.82) is 0 Å². The number of nitro groups is 1. The number of hydrogen-bond donors (Lipinski definition) is 0. The van der Waals surface area contributed by atoms with Gasteiger partial charge in [0.05, 0.1) is 4.92 Å². The van der Waals surface area contributed by atoms with Gasteiger partial charge in [0, 0.05) is 33.1 Å². The van der Waals surface area contributed by atoms with Gasteiger partial charge >= 0.3 is 5.69 Å². The number of nitro benzene ring substituents is 1. The van der Waals surface area contributed by atoms with Crippen LogP contribution in [-0.4, -0.2) is 4.92 Å². The van der Waals surface area contributed by atoms with Gasteiger partial charge < -0.3 is 4.74 Å². The number of nitrogens with zero attached hydrogens (tertiary/aromatic N) is 1. The first kappa shape index (κ1) is 15.1. The molecular formula is C13H8BrCl2NO3. The Kier molecular flexibility index (Phi) is 4.86. The molecule has 2 rings (SSSR count). The molecule has 0 radical (unpaired) electrons. The maximum absolute atomic E-state index is 11.0. The van der Waals surface area contributed by atoms with Gasteiger partial charge in [0.1, 0.15) is 5.75 Å². The average molecular weight is 377 g/mol. The van der Waals surface area contributed by atoms with E-state index in [9.17, 15) is 10.1 Å². The van der Waals surface area contributed by atoms with Crippen molar-refractivity contribution in [3.8, 4) is 11.5 Å². The highest BCUT2D eigenvalue weighted by atomic mass is 79.9. The fourth-order valence-corrected chi connectivity index (χ4v) is 2.36. The van der Waals surface area contributed by atoms with Gasteiger partial charge in [-0.15, -0.1) is 0 Å². The maximum Gasteiger partial charge on any atom is 0.311 e. The summed E-state index contributed by atoms with van der Waals surface area (Å²) in [7, 11) is 0. The molecule has 2 aromatic carbocycles. The Labute approximate surface area is 133 Å². The van der Waals surface area contributed by atoms with Crippen LogP contribution in [0.1, 0.15) is 5.56 Å². The molecule has 0 aliphatic carbocycles. The van der Waals surface area contributed by atoms with E-state index in [0.717, 1.165) is 5.56 Å². The first-order valence-electron chi connectivity index (χ1n) is 5.47. The first-order valence-corrected chi connectivity index (χ1v) is 7.35. The predicted octanol–water partition coefficient (Wildman–Crippen LogP) is 5.59. The lowest BCUT2D eigenvalue weighted by Crippen LogP contribution is -1.95. The van der Waals surface area contributed by atoms with Crippen LogP contribution in [0.5, 0.6) is 11.5 Å². The van der Waals surface area contributed by atoms with Crippen LogP contribution in [0.15, 0.2) is 36.4 Å². The van der Waals surface area contributed by atoms with Crippen LogP contribution in [0.4, 0.5) is 5.69 Å². The second-order valence-electron chi connectivity index (χ2n) is 3.86. The highest BCUT2D eigenvalue weighted by Gasteiger charge is 2.17. The molecule has 0 atom stereocenters. The molecule has 0 fully saturated rings. The monoisotopic (exact) mass is 375 g/mol. The minimum atomic E-state index is -0.524. The van der Waals surface area contributed by atoms with Crippen LogP contribution < -0.4 is 4.74 Å². The van der Waals surface area contributed by atoms with Crippen molar-refractivity contribution >= 4 is 44.8 Å². The van der Waals surface area contributed by atoms with Crippen molar-refractivity contribution < 1.29 is 9.66 Å². The van der Waals surface area contributed by atoms with E-state index in [4.69, 9.17) is 27.9 Å². The van der Waals surface area contributed by atoms with Crippen LogP contribution >= 0.6 is 39.1 Å². The zero-order valence-electron chi connectivity index (χ0n) is 9.98. The Hall–Kier alpha value is -1.30. The summed E-state index contributed by atoms with van der Waals surface area (Å²) in [5.74, 6) is 0.520. The molecule has 4 nitrogen and oxygen atoms in total. The van der Waals surface area contributed by atoms with Crippen molar-refractivity contribution in [3.05, 3.63) is 62.1 Å². The number of halogens is 3. The number of benzene rings is 2. The van der Waals surface area contributed by atoms with Crippen LogP contribution in [0.3, 0.4) is 0 Å². The largest absolute Gasteiger partial charge is 0.450 e. The van der Waals surface area contributed by atoms with E-state index in [1.54, 1.807) is 18.2 Å². The van der Waals surface area contributed by atoms with Crippen molar-refractivity contribution in [1.82, 2.24) is 0 Å². The third-order valence-electron chi connectivity index (χ3n) is 2.51. The molecule has 0 heterocycles. The molecular weight excluding hydrogens is 369 g/mol. The van der Waals surface area contributed by atoms with E-state index >= 15 is 0 Å². The van der Waals surface area contributed by atoms with Gasteiger partial charge in [-0.1, -0.05) is 45.2 Å². The topological polar surface area (TPSA) is 52.4 Å². The zero-order chi connectivity index (χ0) is 14.7. The third-order valence-corrected chi connectivity index (χ3v) is 3.59. The lowest BCUT2D eigenvalue weighted by Gasteiger charge is -2.10. The van der Waals surface area contributed by atoms with E-state index in [2.05, 4.69) is 15.9 Å². The number of hydrogen-bond acceptors (Lipinski definition) is 3. The molecule has 0 N–H and O–H groups in total. The van der Waals surface area contributed by atoms with E-state index in [1.165, 1.54) is 18.2 Å². The highest BCUT2D eigenvalue weighted by molar-refractivity contribution is 9.08. The second-order valence-corrected chi connectivity index (χ2v) is 5.29. The van der Waals surface area contributed by atoms with Gasteiger partial charge in [-0.25, -0.2) is 0 Å². The molecule has 0 aliphatic rings. The summed E-state index contributed by atoms with van der Waals surface area (Å²) in [6.07, 6.45) is 0. The Morgan fingerprint density at radius 1 is 1.10 bits per heavy atom. The lowest BCUT2D eigenvalue weighted by atomic mass is 10.2. The summed E-state index contributed by atoms with van der Waals surface area (Å²) >= 11 is 15.1. The average Bonchev–Trinajstić information content (AvgIpc) is 2.38. The van der Waals surface area contributed by atoms with Gasteiger partial charge in [0.25, 0.3) is 0 Å². The molecule has 104 valence electrons. The van der Waals surface area contributed by atoms with Crippen molar-refractivity contribution in [3.63, 3.8) is 0 Å². The Bertz CT molecular complexity index is 664. The van der Waals surface area contributed by atoms with Crippen LogP contribution in [-0.2, 0) is 5.33 Å². The normalized spacial score (nSPS) is 10.3. The zero-order valence-corrected chi connectivity index (χ0v) is 13.1. The molecule has 20 heavy (non-hydrogen) atoms. The van der Waals surface area contributed by atoms with E-state index < -0.39 is 4.92 Å². The maximum atomic E-state index is 11.0. The minimum Gasteiger partial charge on any atom is -0.450 e. The summed E-state index contributed by atoms with van der Waals surface area (Å²) in [6.45, 7) is 0. The SMILES string of the molecule is O=[N+]([O-])c1ccc(Cl)cc1Oc1cc(Cl)ccc1CBr. The molecule has 0 aliphatic heterocycles. The quantitative estimate of drug-likeness (QED) is 0.397. The summed E-state index contributed by atoms with van der Waals surface area (Å²) < 4.78 is 5.61. The molecule has 0 saturated heterocycles. The summed E-state index contributed by atoms with van der Waals surface area (Å²) in [5, 5.41) is 12.4.